The molecule has 2 N–H and O–H groups in total. The van der Waals surface area contributed by atoms with Crippen LogP contribution in [0, 0.1) is 0 Å². The fraction of sp³-hybridized carbons (Fsp3) is 0.261. The predicted octanol–water partition coefficient (Wildman–Crippen LogP) is 4.57. The van der Waals surface area contributed by atoms with Crippen LogP contribution >= 0.6 is 11.8 Å². The Hall–Kier alpha value is -3.06. The summed E-state index contributed by atoms with van der Waals surface area (Å²) in [5.41, 5.74) is 3.93. The Bertz CT molecular complexity index is 1110. The number of thioether (sulfide) groups is 1. The number of hydrogen-bond acceptors (Lipinski definition) is 4. The number of nitrogens with one attached hydrogen (secondary N) is 2. The van der Waals surface area contributed by atoms with Crippen molar-refractivity contribution in [1.82, 2.24) is 9.55 Å². The van der Waals surface area contributed by atoms with Crippen molar-refractivity contribution in [2.24, 2.45) is 0 Å². The molecule has 2 amide bonds. The number of amides is 2. The summed E-state index contributed by atoms with van der Waals surface area (Å²) in [6, 6.07) is 13.1. The number of hydrogen-bond donors (Lipinski definition) is 2. The molecule has 0 fully saturated rings. The quantitative estimate of drug-likeness (QED) is 0.653. The van der Waals surface area contributed by atoms with E-state index < -0.39 is 0 Å². The van der Waals surface area contributed by atoms with Gasteiger partial charge in [0.1, 0.15) is 5.82 Å². The molecule has 0 spiro atoms. The van der Waals surface area contributed by atoms with Crippen molar-refractivity contribution in [3.05, 3.63) is 60.0 Å². The Morgan fingerprint density at radius 1 is 1.20 bits per heavy atom. The number of nitrogens with zero attached hydrogens (tertiary/aromatic N) is 2. The van der Waals surface area contributed by atoms with E-state index in [1.54, 1.807) is 12.1 Å². The first-order chi connectivity index (χ1) is 14.6. The van der Waals surface area contributed by atoms with Crippen molar-refractivity contribution in [2.45, 2.75) is 42.9 Å². The minimum atomic E-state index is -0.208. The number of carbonyl (C=O) groups is 2. The largest absolute Gasteiger partial charge is 0.334 e. The van der Waals surface area contributed by atoms with E-state index in [0.29, 0.717) is 11.3 Å². The van der Waals surface area contributed by atoms with Crippen molar-refractivity contribution in [1.29, 1.82) is 0 Å². The molecule has 0 saturated heterocycles. The van der Waals surface area contributed by atoms with Gasteiger partial charge >= 0.3 is 0 Å². The summed E-state index contributed by atoms with van der Waals surface area (Å²) in [4.78, 5) is 30.3. The van der Waals surface area contributed by atoms with Gasteiger partial charge in [-0.2, -0.15) is 0 Å². The topological polar surface area (TPSA) is 76.0 Å². The normalized spacial score (nSPS) is 17.6. The fourth-order valence-corrected chi connectivity index (χ4v) is 4.76. The minimum Gasteiger partial charge on any atom is -0.334 e. The molecule has 3 heterocycles. The molecule has 7 heteroatoms. The van der Waals surface area contributed by atoms with Gasteiger partial charge < -0.3 is 15.2 Å². The minimum absolute atomic E-state index is 0.0402. The number of aromatic nitrogens is 2. The SMILES string of the molecule is C[C@H]1Sc2ccc(C(=O)Nc3ccc(-c4cn5c(n4)CCCC5)cc3)cc2NC1=O. The van der Waals surface area contributed by atoms with Crippen LogP contribution in [0.1, 0.15) is 35.9 Å². The molecule has 2 aromatic carbocycles. The van der Waals surface area contributed by atoms with E-state index >= 15 is 0 Å². The lowest BCUT2D eigenvalue weighted by Gasteiger charge is -2.21. The Labute approximate surface area is 179 Å². The van der Waals surface area contributed by atoms with Crippen LogP contribution in [-0.4, -0.2) is 26.6 Å². The lowest BCUT2D eigenvalue weighted by molar-refractivity contribution is -0.115. The summed E-state index contributed by atoms with van der Waals surface area (Å²) >= 11 is 1.50. The molecule has 2 aliphatic rings. The van der Waals surface area contributed by atoms with Gasteiger partial charge in [-0.3, -0.25) is 9.59 Å². The summed E-state index contributed by atoms with van der Waals surface area (Å²) in [5.74, 6) is 0.906. The van der Waals surface area contributed by atoms with Crippen LogP contribution in [0.4, 0.5) is 11.4 Å². The van der Waals surface area contributed by atoms with Crippen LogP contribution in [0.5, 0.6) is 0 Å². The molecule has 0 aliphatic carbocycles. The van der Waals surface area contributed by atoms with Crippen LogP contribution in [-0.2, 0) is 17.8 Å². The van der Waals surface area contributed by atoms with Gasteiger partial charge in [-0.25, -0.2) is 4.98 Å². The Kier molecular flexibility index (Phi) is 4.83. The summed E-state index contributed by atoms with van der Waals surface area (Å²) < 4.78 is 2.24. The number of rotatable bonds is 3. The molecule has 1 atom stereocenters. The van der Waals surface area contributed by atoms with Crippen molar-refractivity contribution < 1.29 is 9.59 Å². The van der Waals surface area contributed by atoms with Gasteiger partial charge in [-0.1, -0.05) is 12.1 Å². The highest BCUT2D eigenvalue weighted by molar-refractivity contribution is 8.00. The second-order valence-corrected chi connectivity index (χ2v) is 9.07. The molecule has 5 rings (SSSR count). The van der Waals surface area contributed by atoms with E-state index in [4.69, 9.17) is 4.98 Å². The first-order valence-corrected chi connectivity index (χ1v) is 11.0. The fourth-order valence-electron chi connectivity index (χ4n) is 3.83. The van der Waals surface area contributed by atoms with E-state index in [0.717, 1.165) is 40.6 Å². The number of imidazole rings is 1. The third-order valence-electron chi connectivity index (χ3n) is 5.52. The predicted molar refractivity (Wildman–Crippen MR) is 119 cm³/mol. The van der Waals surface area contributed by atoms with Crippen LogP contribution in [0.3, 0.4) is 0 Å². The zero-order valence-electron chi connectivity index (χ0n) is 16.6. The second-order valence-electron chi connectivity index (χ2n) is 7.68. The first kappa shape index (κ1) is 18.9. The second kappa shape index (κ2) is 7.65. The number of benzene rings is 2. The monoisotopic (exact) mass is 418 g/mol. The summed E-state index contributed by atoms with van der Waals surface area (Å²) in [6.07, 6.45) is 5.55. The van der Waals surface area contributed by atoms with Crippen molar-refractivity contribution in [2.75, 3.05) is 10.6 Å². The highest BCUT2D eigenvalue weighted by Gasteiger charge is 2.23. The third kappa shape index (κ3) is 3.61. The zero-order chi connectivity index (χ0) is 20.7. The maximum absolute atomic E-state index is 12.7. The summed E-state index contributed by atoms with van der Waals surface area (Å²) in [6.45, 7) is 2.90. The van der Waals surface area contributed by atoms with Crippen LogP contribution in [0.2, 0.25) is 0 Å². The van der Waals surface area contributed by atoms with Crippen molar-refractivity contribution in [3.8, 4) is 11.3 Å². The lowest BCUT2D eigenvalue weighted by atomic mass is 10.1. The number of fused-ring (bicyclic) bond motifs is 2. The molecule has 6 nitrogen and oxygen atoms in total. The van der Waals surface area contributed by atoms with Crippen LogP contribution < -0.4 is 10.6 Å². The van der Waals surface area contributed by atoms with Crippen LogP contribution in [0.15, 0.2) is 53.6 Å². The van der Waals surface area contributed by atoms with Gasteiger partial charge in [0.15, 0.2) is 0 Å². The molecule has 0 bridgehead atoms. The standard InChI is InChI=1S/C23H22N4O2S/c1-14-22(28)26-18-12-16(7-10-20(18)30-14)23(29)24-17-8-5-15(6-9-17)19-13-27-11-3-2-4-21(27)25-19/h5-10,12-14H,2-4,11H2,1H3,(H,24,29)(H,26,28)/t14-/m1/s1. The smallest absolute Gasteiger partial charge is 0.255 e. The summed E-state index contributed by atoms with van der Waals surface area (Å²) in [5, 5.41) is 5.67. The lowest BCUT2D eigenvalue weighted by Crippen LogP contribution is -2.26. The van der Waals surface area contributed by atoms with E-state index in [1.165, 1.54) is 24.6 Å². The molecule has 0 unspecified atom stereocenters. The van der Waals surface area contributed by atoms with Gasteiger partial charge in [-0.15, -0.1) is 11.8 Å². The number of aryl methyl sites for hydroxylation is 2. The number of anilines is 2. The van der Waals surface area contributed by atoms with Gasteiger partial charge in [0.2, 0.25) is 5.91 Å². The van der Waals surface area contributed by atoms with Crippen LogP contribution in [0.25, 0.3) is 11.3 Å². The molecular weight excluding hydrogens is 396 g/mol. The van der Waals surface area contributed by atoms with Gasteiger partial charge in [0, 0.05) is 40.9 Å². The molecule has 2 aliphatic heterocycles. The first-order valence-electron chi connectivity index (χ1n) is 10.2. The molecular formula is C23H22N4O2S. The van der Waals surface area contributed by atoms with E-state index in [-0.39, 0.29) is 17.1 Å². The Morgan fingerprint density at radius 3 is 2.83 bits per heavy atom. The van der Waals surface area contributed by atoms with Gasteiger partial charge in [0.05, 0.1) is 16.6 Å². The maximum Gasteiger partial charge on any atom is 0.255 e. The number of carbonyl (C=O) groups excluding carboxylic acids is 2. The molecule has 0 saturated carbocycles. The molecule has 1 aromatic heterocycles. The Morgan fingerprint density at radius 2 is 2.03 bits per heavy atom. The summed E-state index contributed by atoms with van der Waals surface area (Å²) in [7, 11) is 0. The molecule has 30 heavy (non-hydrogen) atoms. The van der Waals surface area contributed by atoms with E-state index in [2.05, 4.69) is 21.4 Å². The highest BCUT2D eigenvalue weighted by atomic mass is 32.2. The molecule has 152 valence electrons. The van der Waals surface area contributed by atoms with Gasteiger partial charge in [-0.05, 0) is 50.1 Å². The highest BCUT2D eigenvalue weighted by Crippen LogP contribution is 2.36. The molecule has 3 aromatic rings. The zero-order valence-corrected chi connectivity index (χ0v) is 17.5. The Balaban J connectivity index is 1.30. The van der Waals surface area contributed by atoms with Crippen molar-refractivity contribution in [3.63, 3.8) is 0 Å². The molecule has 0 radical (unpaired) electrons. The maximum atomic E-state index is 12.7. The van der Waals surface area contributed by atoms with E-state index in [9.17, 15) is 9.59 Å². The van der Waals surface area contributed by atoms with Crippen molar-refractivity contribution >= 4 is 35.0 Å². The third-order valence-corrected chi connectivity index (χ3v) is 6.70. The van der Waals surface area contributed by atoms with E-state index in [1.807, 2.05) is 37.3 Å². The average molecular weight is 419 g/mol. The van der Waals surface area contributed by atoms with Gasteiger partial charge in [0.25, 0.3) is 5.91 Å². The average Bonchev–Trinajstić information content (AvgIpc) is 3.19.